The molecule has 1 fully saturated rings. The van der Waals surface area contributed by atoms with E-state index < -0.39 is 17.7 Å². The monoisotopic (exact) mass is 389 g/mol. The van der Waals surface area contributed by atoms with Gasteiger partial charge >= 0.3 is 0 Å². The molecule has 0 saturated heterocycles. The Kier molecular flexibility index (Phi) is 7.61. The lowest BCUT2D eigenvalue weighted by Crippen LogP contribution is -2.57. The number of hydrogen-bond donors (Lipinski definition) is 4. The van der Waals surface area contributed by atoms with Gasteiger partial charge in [-0.25, -0.2) is 0 Å². The van der Waals surface area contributed by atoms with Crippen molar-refractivity contribution >= 4 is 11.8 Å². The molecule has 1 aliphatic rings. The maximum absolute atomic E-state index is 13.0. The van der Waals surface area contributed by atoms with Crippen LogP contribution in [0.25, 0.3) is 0 Å². The third kappa shape index (κ3) is 5.32. The van der Waals surface area contributed by atoms with Gasteiger partial charge in [-0.2, -0.15) is 0 Å². The predicted molar refractivity (Wildman–Crippen MR) is 110 cm³/mol. The van der Waals surface area contributed by atoms with Crippen molar-refractivity contribution in [3.63, 3.8) is 0 Å². The van der Waals surface area contributed by atoms with Gasteiger partial charge in [0.2, 0.25) is 5.91 Å². The van der Waals surface area contributed by atoms with E-state index in [2.05, 4.69) is 31.4 Å². The van der Waals surface area contributed by atoms with E-state index in [4.69, 9.17) is 5.73 Å². The molecule has 1 aromatic carbocycles. The molecule has 5 atom stereocenters. The van der Waals surface area contributed by atoms with Crippen molar-refractivity contribution in [1.29, 1.82) is 0 Å². The number of hydrogen-bond acceptors (Lipinski definition) is 4. The van der Waals surface area contributed by atoms with Crippen LogP contribution in [0.4, 0.5) is 0 Å². The minimum Gasteiger partial charge on any atom is -0.380 e. The van der Waals surface area contributed by atoms with Gasteiger partial charge in [-0.1, -0.05) is 57.5 Å². The first kappa shape index (κ1) is 22.4. The molecule has 1 aromatic rings. The summed E-state index contributed by atoms with van der Waals surface area (Å²) >= 11 is 0. The van der Waals surface area contributed by atoms with Gasteiger partial charge in [-0.15, -0.1) is 0 Å². The van der Waals surface area contributed by atoms with E-state index in [0.29, 0.717) is 12.3 Å². The summed E-state index contributed by atoms with van der Waals surface area (Å²) in [7, 11) is 0. The number of amides is 2. The van der Waals surface area contributed by atoms with Crippen LogP contribution in [0.3, 0.4) is 0 Å². The molecule has 0 heterocycles. The zero-order valence-electron chi connectivity index (χ0n) is 17.4. The molecule has 6 nitrogen and oxygen atoms in total. The molecule has 0 radical (unpaired) electrons. The second-order valence-corrected chi connectivity index (χ2v) is 8.63. The zero-order chi connectivity index (χ0) is 20.9. The van der Waals surface area contributed by atoms with E-state index in [1.807, 2.05) is 30.3 Å². The molecular weight excluding hydrogens is 354 g/mol. The molecule has 3 unspecified atom stereocenters. The van der Waals surface area contributed by atoms with Gasteiger partial charge in [0.1, 0.15) is 5.60 Å². The van der Waals surface area contributed by atoms with Crippen molar-refractivity contribution < 1.29 is 14.7 Å². The van der Waals surface area contributed by atoms with Gasteiger partial charge in [0.05, 0.1) is 12.1 Å². The third-order valence-electron chi connectivity index (χ3n) is 5.84. The van der Waals surface area contributed by atoms with Gasteiger partial charge in [0.25, 0.3) is 5.91 Å². The Bertz CT molecular complexity index is 662. The summed E-state index contributed by atoms with van der Waals surface area (Å²) in [6.07, 6.45) is 2.33. The van der Waals surface area contributed by atoms with Gasteiger partial charge < -0.3 is 21.5 Å². The Morgan fingerprint density at radius 3 is 2.43 bits per heavy atom. The van der Waals surface area contributed by atoms with Gasteiger partial charge in [0, 0.05) is 6.54 Å². The van der Waals surface area contributed by atoms with Crippen LogP contribution in [0, 0.1) is 17.8 Å². The summed E-state index contributed by atoms with van der Waals surface area (Å²) in [5, 5.41) is 17.1. The van der Waals surface area contributed by atoms with E-state index in [-0.39, 0.29) is 30.2 Å². The van der Waals surface area contributed by atoms with Crippen LogP contribution in [-0.4, -0.2) is 35.1 Å². The highest BCUT2D eigenvalue weighted by Crippen LogP contribution is 2.41. The van der Waals surface area contributed by atoms with E-state index in [9.17, 15) is 14.7 Å². The summed E-state index contributed by atoms with van der Waals surface area (Å²) in [5.74, 6) is -0.196. The number of aliphatic hydroxyl groups is 1. The number of benzene rings is 1. The molecule has 0 aliphatic heterocycles. The van der Waals surface area contributed by atoms with Gasteiger partial charge in [0.15, 0.2) is 0 Å². The molecule has 0 spiro atoms. The fourth-order valence-corrected chi connectivity index (χ4v) is 4.22. The van der Waals surface area contributed by atoms with Crippen LogP contribution >= 0.6 is 0 Å². The quantitative estimate of drug-likeness (QED) is 0.573. The van der Waals surface area contributed by atoms with E-state index in [1.54, 1.807) is 6.92 Å². The van der Waals surface area contributed by atoms with Crippen LogP contribution in [0.15, 0.2) is 30.3 Å². The van der Waals surface area contributed by atoms with Crippen molar-refractivity contribution in [3.8, 4) is 0 Å². The van der Waals surface area contributed by atoms with Gasteiger partial charge in [-0.3, -0.25) is 9.59 Å². The molecule has 6 heteroatoms. The molecule has 1 aliphatic carbocycles. The fraction of sp³-hybridized carbons (Fsp3) is 0.636. The molecule has 2 amide bonds. The van der Waals surface area contributed by atoms with Crippen molar-refractivity contribution in [2.45, 2.75) is 64.6 Å². The topological polar surface area (TPSA) is 104 Å². The first-order valence-corrected chi connectivity index (χ1v) is 10.3. The van der Waals surface area contributed by atoms with E-state index in [1.165, 1.54) is 0 Å². The standard InChI is InChI=1S/C22H35N3O3/c1-14(2)18-11-10-15(3)12-22(18,28)21(27)24-13-19(25-20(26)16(4)23)17-8-6-5-7-9-17/h5-9,14-16,18-19,28H,10-13,23H2,1-4H3,(H,24,27)(H,25,26)/t15?,16-,18?,19-,22?/m1/s1. The maximum Gasteiger partial charge on any atom is 0.252 e. The SMILES string of the molecule is CC1CCC(C(C)C)C(O)(C(=O)NC[C@@H](NC(=O)[C@@H](C)N)c2ccccc2)C1. The second kappa shape index (κ2) is 9.52. The first-order valence-electron chi connectivity index (χ1n) is 10.3. The van der Waals surface area contributed by atoms with Crippen molar-refractivity contribution in [2.75, 3.05) is 6.54 Å². The Morgan fingerprint density at radius 2 is 1.86 bits per heavy atom. The van der Waals surface area contributed by atoms with Crippen LogP contribution in [0.5, 0.6) is 0 Å². The highest BCUT2D eigenvalue weighted by Gasteiger charge is 2.48. The van der Waals surface area contributed by atoms with E-state index in [0.717, 1.165) is 18.4 Å². The van der Waals surface area contributed by atoms with Crippen LogP contribution in [0.1, 0.15) is 58.6 Å². The predicted octanol–water partition coefficient (Wildman–Crippen LogP) is 2.13. The number of nitrogens with one attached hydrogen (secondary N) is 2. The fourth-order valence-electron chi connectivity index (χ4n) is 4.22. The minimum atomic E-state index is -1.38. The summed E-state index contributed by atoms with van der Waals surface area (Å²) < 4.78 is 0. The number of carbonyl (C=O) groups excluding carboxylic acids is 2. The first-order chi connectivity index (χ1) is 13.1. The molecule has 156 valence electrons. The highest BCUT2D eigenvalue weighted by atomic mass is 16.3. The van der Waals surface area contributed by atoms with Crippen LogP contribution in [0.2, 0.25) is 0 Å². The second-order valence-electron chi connectivity index (χ2n) is 8.63. The summed E-state index contributed by atoms with van der Waals surface area (Å²) in [6.45, 7) is 7.99. The smallest absolute Gasteiger partial charge is 0.252 e. The number of carbonyl (C=O) groups is 2. The lowest BCUT2D eigenvalue weighted by molar-refractivity contribution is -0.156. The molecule has 1 saturated carbocycles. The largest absolute Gasteiger partial charge is 0.380 e. The number of nitrogens with two attached hydrogens (primary N) is 1. The Balaban J connectivity index is 2.14. The normalized spacial score (nSPS) is 27.1. The van der Waals surface area contributed by atoms with Crippen LogP contribution in [-0.2, 0) is 9.59 Å². The van der Waals surface area contributed by atoms with Gasteiger partial charge in [-0.05, 0) is 43.1 Å². The van der Waals surface area contributed by atoms with Crippen molar-refractivity contribution in [2.24, 2.45) is 23.5 Å². The molecular formula is C22H35N3O3. The Morgan fingerprint density at radius 1 is 1.21 bits per heavy atom. The molecule has 2 rings (SSSR count). The molecule has 0 bridgehead atoms. The highest BCUT2D eigenvalue weighted by molar-refractivity contribution is 5.86. The lowest BCUT2D eigenvalue weighted by Gasteiger charge is -2.43. The lowest BCUT2D eigenvalue weighted by atomic mass is 9.66. The van der Waals surface area contributed by atoms with Crippen molar-refractivity contribution in [3.05, 3.63) is 35.9 Å². The molecule has 5 N–H and O–H groups in total. The summed E-state index contributed by atoms with van der Waals surface area (Å²) in [6, 6.07) is 8.40. The minimum absolute atomic E-state index is 0.0717. The molecule has 28 heavy (non-hydrogen) atoms. The molecule has 0 aromatic heterocycles. The Hall–Kier alpha value is -1.92. The number of rotatable bonds is 7. The Labute approximate surface area is 168 Å². The third-order valence-corrected chi connectivity index (χ3v) is 5.84. The van der Waals surface area contributed by atoms with E-state index >= 15 is 0 Å². The summed E-state index contributed by atoms with van der Waals surface area (Å²) in [4.78, 5) is 25.2. The average Bonchev–Trinajstić information content (AvgIpc) is 2.64. The van der Waals surface area contributed by atoms with Crippen molar-refractivity contribution in [1.82, 2.24) is 10.6 Å². The summed E-state index contributed by atoms with van der Waals surface area (Å²) in [5.41, 5.74) is 5.18. The average molecular weight is 390 g/mol. The maximum atomic E-state index is 13.0. The van der Waals surface area contributed by atoms with Crippen LogP contribution < -0.4 is 16.4 Å². The zero-order valence-corrected chi connectivity index (χ0v) is 17.4.